The highest BCUT2D eigenvalue weighted by molar-refractivity contribution is 5.84. The molecule has 4 nitrogen and oxygen atoms in total. The van der Waals surface area contributed by atoms with Gasteiger partial charge in [-0.1, -0.05) is 39.0 Å². The number of nitrogens with zero attached hydrogens (tertiary/aromatic N) is 2. The van der Waals surface area contributed by atoms with Crippen LogP contribution in [0.5, 0.6) is 0 Å². The van der Waals surface area contributed by atoms with Crippen LogP contribution in [0.2, 0.25) is 0 Å². The van der Waals surface area contributed by atoms with Crippen molar-refractivity contribution in [2.75, 3.05) is 19.6 Å². The first kappa shape index (κ1) is 17.9. The largest absolute Gasteiger partial charge is 0.355 e. The number of amides is 1. The van der Waals surface area contributed by atoms with Crippen molar-refractivity contribution >= 4 is 16.8 Å². The van der Waals surface area contributed by atoms with Gasteiger partial charge in [0.1, 0.15) is 0 Å². The number of carbonyl (C=O) groups is 1. The van der Waals surface area contributed by atoms with Crippen LogP contribution in [0.4, 0.5) is 0 Å². The summed E-state index contributed by atoms with van der Waals surface area (Å²) in [6, 6.07) is 8.58. The molecule has 0 unspecified atom stereocenters. The molecular weight excluding hydrogens is 310 g/mol. The second-order valence-electron chi connectivity index (χ2n) is 8.29. The Morgan fingerprint density at radius 1 is 1.32 bits per heavy atom. The van der Waals surface area contributed by atoms with Gasteiger partial charge in [-0.15, -0.1) is 0 Å². The molecule has 134 valence electrons. The minimum absolute atomic E-state index is 0.140. The van der Waals surface area contributed by atoms with Gasteiger partial charge >= 0.3 is 0 Å². The maximum atomic E-state index is 12.0. The number of hydrogen-bond donors (Lipinski definition) is 1. The van der Waals surface area contributed by atoms with Gasteiger partial charge in [0.25, 0.3) is 0 Å². The van der Waals surface area contributed by atoms with E-state index in [2.05, 4.69) is 40.3 Å². The number of carbonyl (C=O) groups excluding carboxylic acids is 1. The Kier molecular flexibility index (Phi) is 5.09. The highest BCUT2D eigenvalue weighted by Gasteiger charge is 2.26. The SMILES string of the molecule is Cc1ccc(CN2CC[C@H](CNC(=O)C(C)(C)C)C2)c2cccnc12. The number of aromatic nitrogens is 1. The fraction of sp³-hybridized carbons (Fsp3) is 0.524. The molecule has 1 aromatic heterocycles. The Balaban J connectivity index is 1.61. The smallest absolute Gasteiger partial charge is 0.225 e. The molecule has 4 heteroatoms. The number of rotatable bonds is 4. The molecule has 1 saturated heterocycles. The van der Waals surface area contributed by atoms with E-state index in [1.54, 1.807) is 0 Å². The average Bonchev–Trinajstić information content (AvgIpc) is 3.02. The van der Waals surface area contributed by atoms with Crippen molar-refractivity contribution in [2.24, 2.45) is 11.3 Å². The molecule has 25 heavy (non-hydrogen) atoms. The van der Waals surface area contributed by atoms with Gasteiger partial charge in [0.2, 0.25) is 5.91 Å². The minimum Gasteiger partial charge on any atom is -0.355 e. The molecule has 1 N–H and O–H groups in total. The van der Waals surface area contributed by atoms with E-state index in [9.17, 15) is 4.79 Å². The topological polar surface area (TPSA) is 45.2 Å². The van der Waals surface area contributed by atoms with Gasteiger partial charge < -0.3 is 5.32 Å². The molecule has 0 aliphatic carbocycles. The summed E-state index contributed by atoms with van der Waals surface area (Å²) in [6.45, 7) is 11.9. The lowest BCUT2D eigenvalue weighted by Gasteiger charge is -2.20. The molecule has 0 radical (unpaired) electrons. The van der Waals surface area contributed by atoms with Crippen molar-refractivity contribution in [1.82, 2.24) is 15.2 Å². The maximum Gasteiger partial charge on any atom is 0.225 e. The molecule has 1 aliphatic heterocycles. The summed E-state index contributed by atoms with van der Waals surface area (Å²) in [7, 11) is 0. The molecule has 1 aromatic carbocycles. The Morgan fingerprint density at radius 3 is 2.88 bits per heavy atom. The van der Waals surface area contributed by atoms with E-state index < -0.39 is 0 Å². The summed E-state index contributed by atoms with van der Waals surface area (Å²) in [5.74, 6) is 0.683. The van der Waals surface area contributed by atoms with Crippen LogP contribution in [-0.2, 0) is 11.3 Å². The molecule has 3 rings (SSSR count). The average molecular weight is 339 g/mol. The van der Waals surface area contributed by atoms with Crippen LogP contribution >= 0.6 is 0 Å². The number of benzene rings is 1. The van der Waals surface area contributed by atoms with Gasteiger partial charge in [0.05, 0.1) is 5.52 Å². The van der Waals surface area contributed by atoms with Crippen molar-refractivity contribution in [3.8, 4) is 0 Å². The highest BCUT2D eigenvalue weighted by Crippen LogP contribution is 2.24. The van der Waals surface area contributed by atoms with Crippen molar-refractivity contribution in [3.63, 3.8) is 0 Å². The predicted molar refractivity (Wildman–Crippen MR) is 102 cm³/mol. The lowest BCUT2D eigenvalue weighted by atomic mass is 9.95. The molecule has 1 atom stereocenters. The van der Waals surface area contributed by atoms with Crippen LogP contribution < -0.4 is 5.32 Å². The monoisotopic (exact) mass is 339 g/mol. The summed E-state index contributed by atoms with van der Waals surface area (Å²) in [5, 5.41) is 4.37. The molecular formula is C21H29N3O. The standard InChI is InChI=1S/C21H29N3O/c1-15-7-8-17(18-6-5-10-22-19(15)18)14-24-11-9-16(13-24)12-23-20(25)21(2,3)4/h5-8,10,16H,9,11-14H2,1-4H3,(H,23,25)/t16-/m1/s1. The number of hydrogen-bond acceptors (Lipinski definition) is 3. The summed E-state index contributed by atoms with van der Waals surface area (Å²) < 4.78 is 0. The Hall–Kier alpha value is -1.94. The van der Waals surface area contributed by atoms with Crippen molar-refractivity contribution in [1.29, 1.82) is 0 Å². The molecule has 0 spiro atoms. The molecule has 2 heterocycles. The third-order valence-corrected chi connectivity index (χ3v) is 5.06. The third kappa shape index (κ3) is 4.18. The number of nitrogens with one attached hydrogen (secondary N) is 1. The maximum absolute atomic E-state index is 12.0. The van der Waals surface area contributed by atoms with Gasteiger partial charge in [-0.25, -0.2) is 0 Å². The molecule has 1 amide bonds. The predicted octanol–water partition coefficient (Wildman–Crippen LogP) is 3.53. The minimum atomic E-state index is -0.313. The zero-order chi connectivity index (χ0) is 18.0. The van der Waals surface area contributed by atoms with Crippen LogP contribution in [0.15, 0.2) is 30.5 Å². The summed E-state index contributed by atoms with van der Waals surface area (Å²) >= 11 is 0. The third-order valence-electron chi connectivity index (χ3n) is 5.06. The first-order valence-electron chi connectivity index (χ1n) is 9.18. The van der Waals surface area contributed by atoms with E-state index in [1.165, 1.54) is 16.5 Å². The van der Waals surface area contributed by atoms with Crippen LogP contribution in [0.1, 0.15) is 38.3 Å². The summed E-state index contributed by atoms with van der Waals surface area (Å²) in [4.78, 5) is 19.1. The lowest BCUT2D eigenvalue weighted by Crippen LogP contribution is -2.38. The number of aryl methyl sites for hydroxylation is 1. The van der Waals surface area contributed by atoms with Gasteiger partial charge in [0, 0.05) is 36.6 Å². The van der Waals surface area contributed by atoms with Gasteiger partial charge in [0.15, 0.2) is 0 Å². The van der Waals surface area contributed by atoms with Crippen LogP contribution in [-0.4, -0.2) is 35.4 Å². The fourth-order valence-corrected chi connectivity index (χ4v) is 3.48. The molecule has 1 aliphatic rings. The van der Waals surface area contributed by atoms with Crippen LogP contribution in [0.25, 0.3) is 10.9 Å². The van der Waals surface area contributed by atoms with Crippen molar-refractivity contribution in [2.45, 2.75) is 40.7 Å². The van der Waals surface area contributed by atoms with Crippen LogP contribution in [0, 0.1) is 18.3 Å². The number of pyridine rings is 1. The number of fused-ring (bicyclic) bond motifs is 1. The van der Waals surface area contributed by atoms with Crippen molar-refractivity contribution in [3.05, 3.63) is 41.6 Å². The van der Waals surface area contributed by atoms with E-state index in [0.29, 0.717) is 5.92 Å². The van der Waals surface area contributed by atoms with Gasteiger partial charge in [-0.05, 0) is 43.0 Å². The normalized spacial score (nSPS) is 18.6. The number of likely N-dealkylation sites (tertiary alicyclic amines) is 1. The molecule has 2 aromatic rings. The lowest BCUT2D eigenvalue weighted by molar-refractivity contribution is -0.128. The molecule has 0 saturated carbocycles. The molecule has 0 bridgehead atoms. The quantitative estimate of drug-likeness (QED) is 0.927. The summed E-state index contributed by atoms with van der Waals surface area (Å²) in [5.41, 5.74) is 3.36. The zero-order valence-electron chi connectivity index (χ0n) is 15.8. The first-order valence-corrected chi connectivity index (χ1v) is 9.18. The Morgan fingerprint density at radius 2 is 2.12 bits per heavy atom. The van der Waals surface area contributed by atoms with E-state index in [0.717, 1.165) is 38.1 Å². The van der Waals surface area contributed by atoms with E-state index in [1.807, 2.05) is 33.0 Å². The van der Waals surface area contributed by atoms with E-state index >= 15 is 0 Å². The highest BCUT2D eigenvalue weighted by atomic mass is 16.2. The second-order valence-corrected chi connectivity index (χ2v) is 8.29. The Labute approximate surface area is 150 Å². The van der Waals surface area contributed by atoms with E-state index in [-0.39, 0.29) is 11.3 Å². The van der Waals surface area contributed by atoms with Crippen LogP contribution in [0.3, 0.4) is 0 Å². The van der Waals surface area contributed by atoms with Gasteiger partial charge in [-0.3, -0.25) is 14.7 Å². The van der Waals surface area contributed by atoms with E-state index in [4.69, 9.17) is 0 Å². The molecule has 1 fully saturated rings. The van der Waals surface area contributed by atoms with Crippen molar-refractivity contribution < 1.29 is 4.79 Å². The van der Waals surface area contributed by atoms with Gasteiger partial charge in [-0.2, -0.15) is 0 Å². The zero-order valence-corrected chi connectivity index (χ0v) is 15.8. The second kappa shape index (κ2) is 7.12. The summed E-state index contributed by atoms with van der Waals surface area (Å²) in [6.07, 6.45) is 3.01. The first-order chi connectivity index (χ1) is 11.8. The Bertz CT molecular complexity index is 763. The fourth-order valence-electron chi connectivity index (χ4n) is 3.48.